The van der Waals surface area contributed by atoms with Crippen LogP contribution in [0.1, 0.15) is 22.3 Å². The molecule has 0 amide bonds. The number of halogens is 1. The number of hydrogen-bond acceptors (Lipinski definition) is 4. The molecule has 2 aromatic carbocycles. The van der Waals surface area contributed by atoms with Gasteiger partial charge in [0.25, 0.3) is 0 Å². The van der Waals surface area contributed by atoms with E-state index in [4.69, 9.17) is 5.11 Å². The molecule has 0 saturated heterocycles. The molecular formula is C18H16FNO5S. The Kier molecular flexibility index (Phi) is 6.37. The van der Waals surface area contributed by atoms with E-state index in [9.17, 15) is 22.4 Å². The van der Waals surface area contributed by atoms with Crippen LogP contribution in [-0.2, 0) is 14.8 Å². The van der Waals surface area contributed by atoms with E-state index in [1.165, 1.54) is 48.5 Å². The van der Waals surface area contributed by atoms with Crippen LogP contribution in [-0.4, -0.2) is 31.8 Å². The van der Waals surface area contributed by atoms with E-state index in [2.05, 4.69) is 4.72 Å². The Morgan fingerprint density at radius 1 is 1.12 bits per heavy atom. The van der Waals surface area contributed by atoms with Gasteiger partial charge < -0.3 is 5.11 Å². The number of rotatable bonds is 8. The van der Waals surface area contributed by atoms with Gasteiger partial charge in [-0.3, -0.25) is 9.59 Å². The average Bonchev–Trinajstić information content (AvgIpc) is 2.60. The number of carboxylic acids is 1. The summed E-state index contributed by atoms with van der Waals surface area (Å²) in [5, 5.41) is 8.56. The summed E-state index contributed by atoms with van der Waals surface area (Å²) >= 11 is 0. The van der Waals surface area contributed by atoms with Crippen LogP contribution in [0.4, 0.5) is 4.39 Å². The maximum Gasteiger partial charge on any atom is 0.304 e. The summed E-state index contributed by atoms with van der Waals surface area (Å²) in [5.41, 5.74) is 0.346. The molecule has 0 fully saturated rings. The molecule has 0 aromatic heterocycles. The van der Waals surface area contributed by atoms with Gasteiger partial charge in [-0.15, -0.1) is 0 Å². The van der Waals surface area contributed by atoms with Crippen molar-refractivity contribution < 1.29 is 27.5 Å². The second-order valence-corrected chi connectivity index (χ2v) is 7.06. The summed E-state index contributed by atoms with van der Waals surface area (Å²) in [6.07, 6.45) is 2.11. The van der Waals surface area contributed by atoms with E-state index >= 15 is 0 Å². The number of aliphatic carboxylic acids is 1. The third kappa shape index (κ3) is 5.33. The summed E-state index contributed by atoms with van der Waals surface area (Å²) in [6, 6.07) is 11.2. The van der Waals surface area contributed by atoms with E-state index in [1.807, 2.05) is 0 Å². The van der Waals surface area contributed by atoms with Gasteiger partial charge in [0.05, 0.1) is 11.3 Å². The van der Waals surface area contributed by atoms with Gasteiger partial charge in [-0.2, -0.15) is 0 Å². The lowest BCUT2D eigenvalue weighted by Crippen LogP contribution is -2.26. The molecule has 2 N–H and O–H groups in total. The monoisotopic (exact) mass is 377 g/mol. The van der Waals surface area contributed by atoms with Crippen molar-refractivity contribution in [3.8, 4) is 0 Å². The number of carbonyl (C=O) groups excluding carboxylic acids is 1. The average molecular weight is 377 g/mol. The molecule has 8 heteroatoms. The topological polar surface area (TPSA) is 101 Å². The van der Waals surface area contributed by atoms with Crippen molar-refractivity contribution in [2.45, 2.75) is 11.3 Å². The fraction of sp³-hybridized carbons (Fsp3) is 0.111. The minimum absolute atomic E-state index is 0.110. The zero-order valence-electron chi connectivity index (χ0n) is 13.6. The van der Waals surface area contributed by atoms with E-state index in [0.29, 0.717) is 0 Å². The van der Waals surface area contributed by atoms with E-state index in [1.54, 1.807) is 6.07 Å². The molecule has 0 spiro atoms. The standard InChI is InChI=1S/C18H16FNO5S/c19-16-7-2-1-4-13(16)8-9-17(21)14-5-3-6-15(12-14)26(24,25)20-11-10-18(22)23/h1-9,12,20H,10-11H2,(H,22,23)/b9-8+. The molecule has 0 aliphatic carbocycles. The fourth-order valence-corrected chi connectivity index (χ4v) is 3.14. The summed E-state index contributed by atoms with van der Waals surface area (Å²) < 4.78 is 40.0. The largest absolute Gasteiger partial charge is 0.481 e. The van der Waals surface area contributed by atoms with Crippen LogP contribution in [0.3, 0.4) is 0 Å². The Morgan fingerprint density at radius 3 is 2.54 bits per heavy atom. The van der Waals surface area contributed by atoms with Gasteiger partial charge in [-0.1, -0.05) is 30.3 Å². The fourth-order valence-electron chi connectivity index (χ4n) is 2.06. The SMILES string of the molecule is O=C(O)CCNS(=O)(=O)c1cccc(C(=O)/C=C/c2ccccc2F)c1. The van der Waals surface area contributed by atoms with Gasteiger partial charge in [0, 0.05) is 17.7 Å². The molecule has 2 rings (SSSR count). The summed E-state index contributed by atoms with van der Waals surface area (Å²) in [4.78, 5) is 22.5. The first-order chi connectivity index (χ1) is 12.3. The number of nitrogens with one attached hydrogen (secondary N) is 1. The smallest absolute Gasteiger partial charge is 0.304 e. The minimum Gasteiger partial charge on any atom is -0.481 e. The second kappa shape index (κ2) is 8.50. The molecule has 0 bridgehead atoms. The lowest BCUT2D eigenvalue weighted by Gasteiger charge is -2.06. The number of carbonyl (C=O) groups is 2. The Morgan fingerprint density at radius 2 is 1.85 bits per heavy atom. The molecule has 0 radical (unpaired) electrons. The third-order valence-electron chi connectivity index (χ3n) is 3.38. The minimum atomic E-state index is -3.94. The molecule has 136 valence electrons. The second-order valence-electron chi connectivity index (χ2n) is 5.29. The maximum atomic E-state index is 13.5. The highest BCUT2D eigenvalue weighted by Crippen LogP contribution is 2.14. The predicted octanol–water partition coefficient (Wildman–Crippen LogP) is 2.47. The van der Waals surface area contributed by atoms with Gasteiger partial charge in [-0.25, -0.2) is 17.5 Å². The van der Waals surface area contributed by atoms with Crippen LogP contribution < -0.4 is 4.72 Å². The Hall–Kier alpha value is -2.84. The summed E-state index contributed by atoms with van der Waals surface area (Å²) in [5.74, 6) is -2.10. The highest BCUT2D eigenvalue weighted by Gasteiger charge is 2.15. The summed E-state index contributed by atoms with van der Waals surface area (Å²) in [7, 11) is -3.94. The summed E-state index contributed by atoms with van der Waals surface area (Å²) in [6.45, 7) is -0.261. The van der Waals surface area contributed by atoms with Crippen molar-refractivity contribution in [3.63, 3.8) is 0 Å². The lowest BCUT2D eigenvalue weighted by atomic mass is 10.1. The molecule has 0 atom stereocenters. The first-order valence-electron chi connectivity index (χ1n) is 7.58. The van der Waals surface area contributed by atoms with Gasteiger partial charge >= 0.3 is 5.97 Å². The van der Waals surface area contributed by atoms with E-state index in [0.717, 1.165) is 6.08 Å². The van der Waals surface area contributed by atoms with Crippen LogP contribution in [0.15, 0.2) is 59.5 Å². The van der Waals surface area contributed by atoms with Crippen molar-refractivity contribution in [2.75, 3.05) is 6.54 Å². The van der Waals surface area contributed by atoms with Crippen LogP contribution >= 0.6 is 0 Å². The van der Waals surface area contributed by atoms with Gasteiger partial charge in [0.2, 0.25) is 10.0 Å². The van der Waals surface area contributed by atoms with Gasteiger partial charge in [0.1, 0.15) is 5.82 Å². The van der Waals surface area contributed by atoms with Crippen LogP contribution in [0, 0.1) is 5.82 Å². The first-order valence-corrected chi connectivity index (χ1v) is 9.06. The van der Waals surface area contributed by atoms with E-state index in [-0.39, 0.29) is 29.0 Å². The van der Waals surface area contributed by atoms with Crippen LogP contribution in [0.5, 0.6) is 0 Å². The van der Waals surface area contributed by atoms with Crippen molar-refractivity contribution >= 4 is 27.9 Å². The lowest BCUT2D eigenvalue weighted by molar-refractivity contribution is -0.136. The molecular weight excluding hydrogens is 361 g/mol. The normalized spacial score (nSPS) is 11.6. The number of allylic oxidation sites excluding steroid dienone is 1. The molecule has 0 aliphatic heterocycles. The molecule has 6 nitrogen and oxygen atoms in total. The third-order valence-corrected chi connectivity index (χ3v) is 4.84. The highest BCUT2D eigenvalue weighted by molar-refractivity contribution is 7.89. The Bertz CT molecular complexity index is 954. The number of hydrogen-bond donors (Lipinski definition) is 2. The van der Waals surface area contributed by atoms with E-state index < -0.39 is 27.6 Å². The number of benzene rings is 2. The number of carboxylic acid groups (broad SMARTS) is 1. The zero-order valence-corrected chi connectivity index (χ0v) is 14.4. The molecule has 0 saturated carbocycles. The predicted molar refractivity (Wildman–Crippen MR) is 93.6 cm³/mol. The Labute approximate surface area is 150 Å². The Balaban J connectivity index is 2.16. The molecule has 2 aromatic rings. The van der Waals surface area contributed by atoms with Crippen molar-refractivity contribution in [2.24, 2.45) is 0 Å². The van der Waals surface area contributed by atoms with Crippen LogP contribution in [0.2, 0.25) is 0 Å². The van der Waals surface area contributed by atoms with Crippen LogP contribution in [0.25, 0.3) is 6.08 Å². The van der Waals surface area contributed by atoms with Crippen molar-refractivity contribution in [1.29, 1.82) is 0 Å². The molecule has 0 heterocycles. The quantitative estimate of drug-likeness (QED) is 0.544. The molecule has 0 unspecified atom stereocenters. The molecule has 0 aliphatic rings. The maximum absolute atomic E-state index is 13.5. The number of ketones is 1. The van der Waals surface area contributed by atoms with Gasteiger partial charge in [0.15, 0.2) is 5.78 Å². The highest BCUT2D eigenvalue weighted by atomic mass is 32.2. The van der Waals surface area contributed by atoms with Gasteiger partial charge in [-0.05, 0) is 30.4 Å². The van der Waals surface area contributed by atoms with Crippen molar-refractivity contribution in [3.05, 3.63) is 71.6 Å². The first kappa shape index (κ1) is 19.5. The number of sulfonamides is 1. The molecule has 26 heavy (non-hydrogen) atoms. The van der Waals surface area contributed by atoms with Crippen molar-refractivity contribution in [1.82, 2.24) is 4.72 Å². The zero-order chi connectivity index (χ0) is 19.2.